The van der Waals surface area contributed by atoms with Crippen LogP contribution in [0.3, 0.4) is 0 Å². The molecule has 2 aliphatic carbocycles. The van der Waals surface area contributed by atoms with Gasteiger partial charge in [0.15, 0.2) is 0 Å². The molecule has 2 amide bonds. The summed E-state index contributed by atoms with van der Waals surface area (Å²) in [4.78, 5) is 32.1. The molecule has 2 N–H and O–H groups in total. The normalized spacial score (nSPS) is 31.2. The van der Waals surface area contributed by atoms with Crippen molar-refractivity contribution in [1.82, 2.24) is 15.2 Å². The van der Waals surface area contributed by atoms with Crippen LogP contribution >= 0.6 is 0 Å². The molecule has 6 nitrogen and oxygen atoms in total. The molecule has 1 aromatic carbocycles. The molecule has 0 aliphatic heterocycles. The smallest absolute Gasteiger partial charge is 0.270 e. The zero-order chi connectivity index (χ0) is 25.2. The second kappa shape index (κ2) is 10.5. The highest BCUT2D eigenvalue weighted by atomic mass is 16.3. The fraction of sp³-hybridized carbons (Fsp3) is 0.552. The van der Waals surface area contributed by atoms with Gasteiger partial charge in [0.1, 0.15) is 5.69 Å². The summed E-state index contributed by atoms with van der Waals surface area (Å²) in [5.74, 6) is -0.323. The molecule has 4 rings (SSSR count). The molecule has 2 aliphatic rings. The Hall–Kier alpha value is -2.73. The molecule has 0 saturated heterocycles. The van der Waals surface area contributed by atoms with Crippen LogP contribution in [0.25, 0.3) is 0 Å². The van der Waals surface area contributed by atoms with Crippen LogP contribution in [0.4, 0.5) is 0 Å². The highest BCUT2D eigenvalue weighted by molar-refractivity contribution is 5.92. The maximum absolute atomic E-state index is 13.3. The lowest BCUT2D eigenvalue weighted by molar-refractivity contribution is -0.149. The van der Waals surface area contributed by atoms with Crippen LogP contribution in [0.2, 0.25) is 0 Å². The minimum atomic E-state index is -0.581. The Kier molecular flexibility index (Phi) is 7.60. The van der Waals surface area contributed by atoms with E-state index in [0.717, 1.165) is 31.2 Å². The summed E-state index contributed by atoms with van der Waals surface area (Å²) in [5.41, 5.74) is 1.52. The number of nitrogens with zero attached hydrogens (tertiary/aromatic N) is 2. The average Bonchev–Trinajstić information content (AvgIpc) is 2.86. The van der Waals surface area contributed by atoms with Crippen molar-refractivity contribution in [2.75, 3.05) is 7.05 Å². The highest BCUT2D eigenvalue weighted by Gasteiger charge is 2.54. The quantitative estimate of drug-likeness (QED) is 0.650. The first-order valence-corrected chi connectivity index (χ1v) is 12.9. The van der Waals surface area contributed by atoms with E-state index in [0.29, 0.717) is 12.2 Å². The van der Waals surface area contributed by atoms with Crippen LogP contribution in [0.1, 0.15) is 62.5 Å². The molecule has 35 heavy (non-hydrogen) atoms. The van der Waals surface area contributed by atoms with E-state index in [1.54, 1.807) is 23.2 Å². The summed E-state index contributed by atoms with van der Waals surface area (Å²) in [6.45, 7) is 6.95. The summed E-state index contributed by atoms with van der Waals surface area (Å²) < 4.78 is 0. The molecule has 0 unspecified atom stereocenters. The molecule has 188 valence electrons. The Morgan fingerprint density at radius 1 is 1.14 bits per heavy atom. The summed E-state index contributed by atoms with van der Waals surface area (Å²) in [5, 5.41) is 14.8. The second-order valence-electron chi connectivity index (χ2n) is 11.0. The molecule has 0 radical (unpaired) electrons. The fourth-order valence-corrected chi connectivity index (χ4v) is 6.70. The third-order valence-corrected chi connectivity index (χ3v) is 8.77. The molecule has 6 heteroatoms. The third kappa shape index (κ3) is 5.27. The molecule has 7 atom stereocenters. The molecule has 1 aromatic heterocycles. The lowest BCUT2D eigenvalue weighted by Gasteiger charge is -2.56. The fourth-order valence-electron chi connectivity index (χ4n) is 6.70. The van der Waals surface area contributed by atoms with Crippen molar-refractivity contribution < 1.29 is 14.7 Å². The van der Waals surface area contributed by atoms with E-state index >= 15 is 0 Å². The number of fused-ring (bicyclic) bond motifs is 1. The Morgan fingerprint density at radius 3 is 2.51 bits per heavy atom. The van der Waals surface area contributed by atoms with Gasteiger partial charge in [-0.3, -0.25) is 14.6 Å². The van der Waals surface area contributed by atoms with Gasteiger partial charge >= 0.3 is 0 Å². The van der Waals surface area contributed by atoms with Gasteiger partial charge in [-0.05, 0) is 66.5 Å². The van der Waals surface area contributed by atoms with Crippen molar-refractivity contribution in [1.29, 1.82) is 0 Å². The van der Waals surface area contributed by atoms with Gasteiger partial charge in [-0.25, -0.2) is 0 Å². The molecule has 0 bridgehead atoms. The van der Waals surface area contributed by atoms with E-state index in [9.17, 15) is 14.7 Å². The monoisotopic (exact) mass is 477 g/mol. The van der Waals surface area contributed by atoms with E-state index in [2.05, 4.69) is 24.1 Å². The van der Waals surface area contributed by atoms with E-state index < -0.39 is 6.10 Å². The minimum Gasteiger partial charge on any atom is -0.392 e. The zero-order valence-electron chi connectivity index (χ0n) is 21.4. The van der Waals surface area contributed by atoms with Crippen LogP contribution in [-0.4, -0.2) is 46.0 Å². The van der Waals surface area contributed by atoms with Crippen molar-refractivity contribution in [3.8, 4) is 0 Å². The number of hydrogen-bond acceptors (Lipinski definition) is 4. The number of nitrogens with one attached hydrogen (secondary N) is 1. The van der Waals surface area contributed by atoms with E-state index in [1.807, 2.05) is 50.4 Å². The summed E-state index contributed by atoms with van der Waals surface area (Å²) >= 11 is 0. The Morgan fingerprint density at radius 2 is 1.83 bits per heavy atom. The van der Waals surface area contributed by atoms with Gasteiger partial charge in [0, 0.05) is 31.7 Å². The third-order valence-electron chi connectivity index (χ3n) is 8.77. The number of carbonyl (C=O) groups is 2. The van der Waals surface area contributed by atoms with Crippen molar-refractivity contribution in [2.24, 2.45) is 29.1 Å². The van der Waals surface area contributed by atoms with Crippen LogP contribution in [0.15, 0.2) is 54.7 Å². The lowest BCUT2D eigenvalue weighted by atomic mass is 9.51. The largest absolute Gasteiger partial charge is 0.392 e. The number of rotatable bonds is 6. The number of hydrogen-bond donors (Lipinski definition) is 2. The zero-order valence-corrected chi connectivity index (χ0v) is 21.4. The predicted octanol–water partition coefficient (Wildman–Crippen LogP) is 4.30. The van der Waals surface area contributed by atoms with Crippen LogP contribution in [0.5, 0.6) is 0 Å². The number of benzene rings is 1. The maximum atomic E-state index is 13.3. The van der Waals surface area contributed by atoms with E-state index in [-0.39, 0.29) is 46.9 Å². The molecule has 2 saturated carbocycles. The van der Waals surface area contributed by atoms with Crippen molar-refractivity contribution in [3.63, 3.8) is 0 Å². The van der Waals surface area contributed by atoms with Gasteiger partial charge < -0.3 is 15.3 Å². The number of aliphatic hydroxyl groups is 1. The van der Waals surface area contributed by atoms with Crippen LogP contribution < -0.4 is 5.32 Å². The SMILES string of the molecule is C[C@@H]1[C@@H]2[C@@H](O)[C@H]([C@H](C)C(=O)N(C)Cc3ccccc3)CC[C@]2(C)CC[C@@H]1NC(=O)c1ccccn1. The van der Waals surface area contributed by atoms with Gasteiger partial charge in [0.2, 0.25) is 5.91 Å². The first kappa shape index (κ1) is 25.4. The van der Waals surface area contributed by atoms with Crippen molar-refractivity contribution >= 4 is 11.8 Å². The van der Waals surface area contributed by atoms with Gasteiger partial charge in [-0.15, -0.1) is 0 Å². The Bertz CT molecular complexity index is 1010. The molecule has 1 heterocycles. The van der Waals surface area contributed by atoms with Crippen LogP contribution in [0, 0.1) is 29.1 Å². The molecule has 2 fully saturated rings. The number of amides is 2. The Labute approximate surface area is 209 Å². The minimum absolute atomic E-state index is 0.0142. The first-order valence-electron chi connectivity index (χ1n) is 12.9. The number of pyridine rings is 1. The summed E-state index contributed by atoms with van der Waals surface area (Å²) in [7, 11) is 1.84. The van der Waals surface area contributed by atoms with E-state index in [4.69, 9.17) is 0 Å². The average molecular weight is 478 g/mol. The Balaban J connectivity index is 1.45. The van der Waals surface area contributed by atoms with E-state index in [1.165, 1.54) is 0 Å². The lowest BCUT2D eigenvalue weighted by Crippen LogP contribution is -2.58. The molecule has 2 aromatic rings. The second-order valence-corrected chi connectivity index (χ2v) is 11.0. The number of aromatic nitrogens is 1. The number of aliphatic hydroxyl groups excluding tert-OH is 1. The highest BCUT2D eigenvalue weighted by Crippen LogP contribution is 2.55. The predicted molar refractivity (Wildman–Crippen MR) is 136 cm³/mol. The topological polar surface area (TPSA) is 82.5 Å². The van der Waals surface area contributed by atoms with Gasteiger partial charge in [0.05, 0.1) is 6.10 Å². The number of carbonyl (C=O) groups excluding carboxylic acids is 2. The van der Waals surface area contributed by atoms with Gasteiger partial charge in [-0.1, -0.05) is 57.2 Å². The molecular formula is C29H39N3O3. The summed E-state index contributed by atoms with van der Waals surface area (Å²) in [6, 6.07) is 15.3. The van der Waals surface area contributed by atoms with Crippen LogP contribution in [-0.2, 0) is 11.3 Å². The standard InChI is InChI=1S/C29H39N3O3/c1-19(28(35)32(4)18-21-10-6-5-7-11-21)22-13-15-29(3)16-14-23(20(2)25(29)26(22)33)31-27(34)24-12-8-9-17-30-24/h5-12,17,19-20,22-23,25-26,33H,13-16,18H2,1-4H3,(H,31,34)/t19-,20-,22-,23-,25+,26-,29+/m0/s1. The molecular weight excluding hydrogens is 438 g/mol. The van der Waals surface area contributed by atoms with Gasteiger partial charge in [-0.2, -0.15) is 0 Å². The molecule has 0 spiro atoms. The van der Waals surface area contributed by atoms with Gasteiger partial charge in [0.25, 0.3) is 5.91 Å². The van der Waals surface area contributed by atoms with Crippen molar-refractivity contribution in [3.05, 3.63) is 66.0 Å². The summed E-state index contributed by atoms with van der Waals surface area (Å²) in [6.07, 6.45) is 4.72. The maximum Gasteiger partial charge on any atom is 0.270 e. The van der Waals surface area contributed by atoms with Crippen molar-refractivity contribution in [2.45, 2.75) is 65.1 Å². The first-order chi connectivity index (χ1) is 16.7.